The molecule has 0 unspecified atom stereocenters. The van der Waals surface area contributed by atoms with Crippen LogP contribution in [0.4, 0.5) is 33.6 Å². The highest BCUT2D eigenvalue weighted by atomic mass is 32.2. The summed E-state index contributed by atoms with van der Waals surface area (Å²) >= 11 is 0.966. The maximum atomic E-state index is 13.2. The minimum atomic E-state index is -5.20. The van der Waals surface area contributed by atoms with E-state index in [9.17, 15) is 74.8 Å². The molecule has 0 radical (unpaired) electrons. The molecule has 0 amide bonds. The van der Waals surface area contributed by atoms with Crippen LogP contribution in [0, 0.1) is 6.92 Å². The van der Waals surface area contributed by atoms with Crippen molar-refractivity contribution < 1.29 is 74.7 Å². The molecule has 362 valence electrons. The van der Waals surface area contributed by atoms with Crippen LogP contribution >= 0.6 is 11.3 Å². The fourth-order valence-corrected chi connectivity index (χ4v) is 10.2. The van der Waals surface area contributed by atoms with Crippen LogP contribution in [0.25, 0.3) is 26.7 Å². The SMILES string of the molecule is Cc1cc(N=Nc2ccc3c(S(=O)(=O)O)c(N=Nc4c[nH]n(-c5cc(S(=O)(=O)O)cc(S(=O)(=O)O)c5)c4=O)ccc3c2O)c(OCCCS(=O)(=O)O)cc1N=Nc1nc2c(S(=O)(=O)O)cccc2s1. The molecule has 0 spiro atoms. The number of H-pyrrole nitrogens is 1. The van der Waals surface area contributed by atoms with Gasteiger partial charge >= 0.3 is 0 Å². The zero-order valence-corrected chi connectivity index (χ0v) is 39.1. The van der Waals surface area contributed by atoms with Gasteiger partial charge in [0.15, 0.2) is 11.4 Å². The van der Waals surface area contributed by atoms with E-state index >= 15 is 0 Å². The molecule has 7 aromatic rings. The Morgan fingerprint density at radius 3 is 1.91 bits per heavy atom. The average molecular weight is 1070 g/mol. The first-order chi connectivity index (χ1) is 32.1. The molecule has 7 N–H and O–H groups in total. The van der Waals surface area contributed by atoms with Gasteiger partial charge in [0, 0.05) is 16.8 Å². The molecule has 0 bridgehead atoms. The number of ether oxygens (including phenoxy) is 1. The number of hydrogen-bond donors (Lipinski definition) is 7. The fraction of sp³-hybridized carbons (Fsp3) is 0.111. The Hall–Kier alpha value is -6.79. The number of phenolic OH excluding ortho intramolecular Hbond substituents is 1. The zero-order valence-electron chi connectivity index (χ0n) is 34.2. The molecule has 0 saturated carbocycles. The number of fused-ring (bicyclic) bond motifs is 2. The molecule has 0 atom stereocenters. The number of nitrogens with zero attached hydrogens (tertiary/aromatic N) is 8. The number of benzene rings is 5. The third-order valence-corrected chi connectivity index (χ3v) is 14.5. The van der Waals surface area contributed by atoms with E-state index in [1.165, 1.54) is 18.2 Å². The van der Waals surface area contributed by atoms with Gasteiger partial charge in [-0.2, -0.15) is 42.1 Å². The van der Waals surface area contributed by atoms with Crippen LogP contribution in [0.2, 0.25) is 0 Å². The molecule has 2 aromatic heterocycles. The molecule has 27 nitrogen and oxygen atoms in total. The molecule has 0 fully saturated rings. The van der Waals surface area contributed by atoms with Gasteiger partial charge in [0.05, 0.1) is 44.4 Å². The number of aromatic amines is 1. The summed E-state index contributed by atoms with van der Waals surface area (Å²) in [6.07, 6.45) is 0.713. The predicted molar refractivity (Wildman–Crippen MR) is 241 cm³/mol. The second kappa shape index (κ2) is 18.6. The lowest BCUT2D eigenvalue weighted by molar-refractivity contribution is 0.317. The Balaban J connectivity index is 1.21. The third-order valence-electron chi connectivity index (χ3n) is 9.31. The smallest absolute Gasteiger partial charge is 0.298 e. The van der Waals surface area contributed by atoms with Gasteiger partial charge in [0.2, 0.25) is 5.13 Å². The van der Waals surface area contributed by atoms with Crippen molar-refractivity contribution in [2.45, 2.75) is 32.9 Å². The number of hydrogen-bond acceptors (Lipinski definition) is 21. The molecular weight excluding hydrogens is 1040 g/mol. The summed E-state index contributed by atoms with van der Waals surface area (Å²) in [4.78, 5) is 14.0. The van der Waals surface area contributed by atoms with Gasteiger partial charge in [-0.05, 0) is 73.5 Å². The molecule has 7 rings (SSSR count). The van der Waals surface area contributed by atoms with Crippen molar-refractivity contribution in [3.63, 3.8) is 0 Å². The number of para-hydroxylation sites is 1. The highest BCUT2D eigenvalue weighted by Gasteiger charge is 2.24. The van der Waals surface area contributed by atoms with Gasteiger partial charge in [-0.25, -0.2) is 9.67 Å². The van der Waals surface area contributed by atoms with Crippen molar-refractivity contribution in [3.8, 4) is 17.2 Å². The van der Waals surface area contributed by atoms with Gasteiger partial charge in [0.25, 0.3) is 56.1 Å². The van der Waals surface area contributed by atoms with Crippen molar-refractivity contribution >= 4 is 116 Å². The first-order valence-electron chi connectivity index (χ1n) is 18.6. The fourth-order valence-electron chi connectivity index (χ4n) is 6.24. The van der Waals surface area contributed by atoms with E-state index in [4.69, 9.17) is 4.74 Å². The van der Waals surface area contributed by atoms with Gasteiger partial charge in [-0.3, -0.25) is 32.7 Å². The lowest BCUT2D eigenvalue weighted by atomic mass is 10.1. The van der Waals surface area contributed by atoms with Gasteiger partial charge in [0.1, 0.15) is 38.1 Å². The normalized spacial score (nSPS) is 13.2. The minimum absolute atomic E-state index is 0.00937. The molecule has 0 aliphatic carbocycles. The van der Waals surface area contributed by atoms with E-state index in [1.807, 2.05) is 0 Å². The van der Waals surface area contributed by atoms with E-state index in [0.717, 1.165) is 47.9 Å². The number of phenols is 1. The molecule has 2 heterocycles. The van der Waals surface area contributed by atoms with Crippen LogP contribution < -0.4 is 10.3 Å². The monoisotopic (exact) mass is 1070 g/mol. The lowest BCUT2D eigenvalue weighted by Crippen LogP contribution is -2.16. The van der Waals surface area contributed by atoms with E-state index in [0.29, 0.717) is 33.1 Å². The summed E-state index contributed by atoms with van der Waals surface area (Å²) < 4.78 is 174. The highest BCUT2D eigenvalue weighted by molar-refractivity contribution is 7.87. The molecule has 0 aliphatic heterocycles. The average Bonchev–Trinajstić information content (AvgIpc) is 3.84. The number of thiazole rings is 1. The lowest BCUT2D eigenvalue weighted by Gasteiger charge is -2.11. The number of rotatable bonds is 16. The maximum Gasteiger partial charge on any atom is 0.298 e. The largest absolute Gasteiger partial charge is 0.505 e. The zero-order chi connectivity index (χ0) is 50.4. The van der Waals surface area contributed by atoms with Crippen molar-refractivity contribution in [2.75, 3.05) is 12.4 Å². The first-order valence-corrected chi connectivity index (χ1v) is 26.8. The maximum absolute atomic E-state index is 13.2. The molecular formula is C36H29N9O18S6. The van der Waals surface area contributed by atoms with E-state index in [-0.39, 0.29) is 57.3 Å². The number of nitrogens with one attached hydrogen (secondary N) is 1. The molecule has 0 aliphatic rings. The Labute approximate surface area is 392 Å². The third kappa shape index (κ3) is 11.4. The number of aryl methyl sites for hydroxylation is 1. The van der Waals surface area contributed by atoms with Crippen molar-refractivity contribution in [1.29, 1.82) is 0 Å². The highest BCUT2D eigenvalue weighted by Crippen LogP contribution is 2.43. The van der Waals surface area contributed by atoms with E-state index in [1.54, 1.807) is 13.0 Å². The van der Waals surface area contributed by atoms with Gasteiger partial charge < -0.3 is 9.84 Å². The van der Waals surface area contributed by atoms with Crippen LogP contribution in [0.1, 0.15) is 12.0 Å². The number of aromatic nitrogens is 3. The van der Waals surface area contributed by atoms with Crippen LogP contribution in [0.5, 0.6) is 11.5 Å². The molecule has 69 heavy (non-hydrogen) atoms. The predicted octanol–water partition coefficient (Wildman–Crippen LogP) is 6.83. The summed E-state index contributed by atoms with van der Waals surface area (Å²) in [5.41, 5.74) is -2.55. The molecule has 33 heteroatoms. The second-order valence-electron chi connectivity index (χ2n) is 14.1. The topological polar surface area (TPSA) is 426 Å². The van der Waals surface area contributed by atoms with Crippen LogP contribution in [-0.4, -0.2) is 97.1 Å². The minimum Gasteiger partial charge on any atom is -0.505 e. The summed E-state index contributed by atoms with van der Waals surface area (Å²) in [7, 11) is -24.3. The first kappa shape index (κ1) is 50.1. The van der Waals surface area contributed by atoms with Crippen molar-refractivity contribution in [3.05, 3.63) is 94.9 Å². The van der Waals surface area contributed by atoms with Crippen molar-refractivity contribution in [1.82, 2.24) is 14.8 Å². The second-order valence-corrected chi connectivity index (χ2v) is 22.3. The Morgan fingerprint density at radius 2 is 1.28 bits per heavy atom. The van der Waals surface area contributed by atoms with E-state index < -0.39 is 104 Å². The Bertz CT molecular complexity index is 3950. The standard InChI is InChI=1S/C36H29N9O18S6/c1-18-12-27(29(63-10-3-11-65(48,49)50)16-26(18)41-44-36-38-32-30(64-36)4-2-5-31(32)68(57,58)59)42-39-24-8-7-23-22(33(24)46)6-9-25(34(23)69(60,61)62)40-43-28-17-37-45(35(28)47)19-13-20(66(51,52)53)15-21(14-19)67(54,55)56/h2,4-9,12-17,37,46H,3,10-11H2,1H3,(H,48,49,50)(H,51,52,53)(H,54,55,56)(H,57,58,59)(H,60,61,62). The van der Waals surface area contributed by atoms with Crippen LogP contribution in [0.15, 0.2) is 134 Å². The van der Waals surface area contributed by atoms with Gasteiger partial charge in [-0.1, -0.05) is 23.5 Å². The summed E-state index contributed by atoms with van der Waals surface area (Å²) in [6.45, 7) is 1.31. The summed E-state index contributed by atoms with van der Waals surface area (Å²) in [5, 5.41) is 37.1. The van der Waals surface area contributed by atoms with Crippen LogP contribution in [0.3, 0.4) is 0 Å². The molecule has 5 aromatic carbocycles. The molecule has 0 saturated heterocycles. The van der Waals surface area contributed by atoms with Crippen LogP contribution in [-0.2, 0) is 50.6 Å². The van der Waals surface area contributed by atoms with Crippen molar-refractivity contribution in [2.24, 2.45) is 30.7 Å². The summed E-state index contributed by atoms with van der Waals surface area (Å²) in [5.74, 6) is -1.38. The number of aromatic hydroxyl groups is 1. The summed E-state index contributed by atoms with van der Waals surface area (Å²) in [6, 6.07) is 13.1. The van der Waals surface area contributed by atoms with E-state index in [2.05, 4.69) is 40.8 Å². The Kier molecular flexibility index (Phi) is 13.5. The quantitative estimate of drug-likeness (QED) is 0.0296. The van der Waals surface area contributed by atoms with Gasteiger partial charge in [-0.15, -0.1) is 30.7 Å². The number of azo groups is 3. The Morgan fingerprint density at radius 1 is 0.667 bits per heavy atom.